The molecule has 0 spiro atoms. The fraction of sp³-hybridized carbons (Fsp3) is 0.381. The molecule has 1 amide bonds. The first kappa shape index (κ1) is 21.3. The molecule has 0 radical (unpaired) electrons. The van der Waals surface area contributed by atoms with Gasteiger partial charge >= 0.3 is 6.18 Å². The number of benzene rings is 2. The molecule has 0 saturated carbocycles. The molecule has 2 aromatic rings. The molecule has 1 aliphatic heterocycles. The summed E-state index contributed by atoms with van der Waals surface area (Å²) in [6.45, 7) is 1.59. The number of halogens is 4. The summed E-state index contributed by atoms with van der Waals surface area (Å²) in [7, 11) is 3.35. The summed E-state index contributed by atoms with van der Waals surface area (Å²) in [4.78, 5) is 15.4. The lowest BCUT2D eigenvalue weighted by Crippen LogP contribution is -2.37. The molecule has 1 atom stereocenters. The van der Waals surface area contributed by atoms with Crippen LogP contribution in [0.2, 0.25) is 0 Å². The minimum atomic E-state index is -4.59. The van der Waals surface area contributed by atoms with Gasteiger partial charge in [-0.2, -0.15) is 13.2 Å². The van der Waals surface area contributed by atoms with E-state index < -0.39 is 17.6 Å². The normalized spacial score (nSPS) is 17.9. The highest BCUT2D eigenvalue weighted by Gasteiger charge is 2.31. The Morgan fingerprint density at radius 2 is 1.86 bits per heavy atom. The maximum atomic E-state index is 13.6. The minimum absolute atomic E-state index is 0.102. The molecule has 1 aliphatic rings. The van der Waals surface area contributed by atoms with E-state index in [-0.39, 0.29) is 24.1 Å². The molecule has 2 aromatic carbocycles. The highest BCUT2D eigenvalue weighted by Crippen LogP contribution is 2.31. The minimum Gasteiger partial charge on any atom is -0.371 e. The second-order valence-corrected chi connectivity index (χ2v) is 7.26. The van der Waals surface area contributed by atoms with Crippen molar-refractivity contribution in [2.75, 3.05) is 33.8 Å². The van der Waals surface area contributed by atoms with E-state index in [0.717, 1.165) is 17.7 Å². The van der Waals surface area contributed by atoms with Crippen LogP contribution in [0.5, 0.6) is 0 Å². The van der Waals surface area contributed by atoms with E-state index in [0.29, 0.717) is 31.3 Å². The third kappa shape index (κ3) is 5.33. The Labute approximate surface area is 166 Å². The van der Waals surface area contributed by atoms with Crippen LogP contribution in [0.3, 0.4) is 0 Å². The summed E-state index contributed by atoms with van der Waals surface area (Å²) < 4.78 is 58.2. The van der Waals surface area contributed by atoms with Crippen LogP contribution >= 0.6 is 0 Å². The van der Waals surface area contributed by atoms with E-state index in [1.807, 2.05) is 17.0 Å². The number of carbonyl (C=O) groups excluding carboxylic acids is 1. The number of morpholine rings is 1. The molecule has 1 fully saturated rings. The number of alkyl halides is 3. The van der Waals surface area contributed by atoms with Gasteiger partial charge < -0.3 is 9.64 Å². The number of nitrogens with zero attached hydrogens (tertiary/aromatic N) is 2. The maximum Gasteiger partial charge on any atom is 0.416 e. The second kappa shape index (κ2) is 8.51. The van der Waals surface area contributed by atoms with Gasteiger partial charge in [-0.25, -0.2) is 4.39 Å². The molecule has 0 bridgehead atoms. The monoisotopic (exact) mass is 410 g/mol. The van der Waals surface area contributed by atoms with Gasteiger partial charge in [0.05, 0.1) is 18.3 Å². The van der Waals surface area contributed by atoms with E-state index in [2.05, 4.69) is 0 Å². The van der Waals surface area contributed by atoms with Gasteiger partial charge in [-0.3, -0.25) is 9.69 Å². The van der Waals surface area contributed by atoms with Crippen molar-refractivity contribution in [3.05, 3.63) is 70.5 Å². The van der Waals surface area contributed by atoms with E-state index in [1.54, 1.807) is 26.2 Å². The Balaban J connectivity index is 1.70. The van der Waals surface area contributed by atoms with Crippen LogP contribution in [-0.2, 0) is 17.5 Å². The largest absolute Gasteiger partial charge is 0.416 e. The van der Waals surface area contributed by atoms with Crippen molar-refractivity contribution < 1.29 is 27.1 Å². The second-order valence-electron chi connectivity index (χ2n) is 7.26. The third-order valence-corrected chi connectivity index (χ3v) is 4.78. The smallest absolute Gasteiger partial charge is 0.371 e. The summed E-state index contributed by atoms with van der Waals surface area (Å²) in [5, 5.41) is 0. The Morgan fingerprint density at radius 1 is 1.17 bits per heavy atom. The molecular formula is C21H22F4N2O2. The first-order valence-electron chi connectivity index (χ1n) is 9.16. The standard InChI is InChI=1S/C21H22F4N2O2/c1-26(2)20(28)16-5-3-15(4-6-16)19-13-27(7-8-29-19)12-14-9-17(21(23,24)25)11-18(22)10-14/h3-6,9-11,19H,7-8,12-13H2,1-2H3. The lowest BCUT2D eigenvalue weighted by molar-refractivity contribution is -0.137. The van der Waals surface area contributed by atoms with Gasteiger partial charge in [-0.15, -0.1) is 0 Å². The van der Waals surface area contributed by atoms with Gasteiger partial charge in [0, 0.05) is 39.3 Å². The fourth-order valence-electron chi connectivity index (χ4n) is 3.31. The number of carbonyl (C=O) groups is 1. The predicted octanol–water partition coefficient (Wildman–Crippen LogP) is 4.12. The SMILES string of the molecule is CN(C)C(=O)c1ccc(C2CN(Cc3cc(F)cc(C(F)(F)F)c3)CCO2)cc1. The molecule has 156 valence electrons. The summed E-state index contributed by atoms with van der Waals surface area (Å²) in [5.41, 5.74) is 0.717. The van der Waals surface area contributed by atoms with Crippen molar-refractivity contribution in [3.8, 4) is 0 Å². The molecule has 8 heteroatoms. The Bertz CT molecular complexity index is 866. The van der Waals surface area contributed by atoms with Crippen LogP contribution in [0.1, 0.15) is 33.2 Å². The Morgan fingerprint density at radius 3 is 2.48 bits per heavy atom. The zero-order valence-electron chi connectivity index (χ0n) is 16.2. The number of rotatable bonds is 4. The average Bonchev–Trinajstić information content (AvgIpc) is 2.66. The van der Waals surface area contributed by atoms with Gasteiger partial charge in [0.15, 0.2) is 0 Å². The molecule has 0 aromatic heterocycles. The average molecular weight is 410 g/mol. The zero-order chi connectivity index (χ0) is 21.2. The summed E-state index contributed by atoms with van der Waals surface area (Å²) in [6.07, 6.45) is -4.86. The van der Waals surface area contributed by atoms with Crippen molar-refractivity contribution in [1.82, 2.24) is 9.80 Å². The lowest BCUT2D eigenvalue weighted by Gasteiger charge is -2.33. The van der Waals surface area contributed by atoms with Crippen molar-refractivity contribution >= 4 is 5.91 Å². The van der Waals surface area contributed by atoms with Gasteiger partial charge in [-0.05, 0) is 41.5 Å². The molecule has 1 saturated heterocycles. The van der Waals surface area contributed by atoms with Crippen LogP contribution in [0.15, 0.2) is 42.5 Å². The number of hydrogen-bond acceptors (Lipinski definition) is 3. The Hall–Kier alpha value is -2.45. The van der Waals surface area contributed by atoms with Gasteiger partial charge in [0.1, 0.15) is 5.82 Å². The molecular weight excluding hydrogens is 388 g/mol. The van der Waals surface area contributed by atoms with Crippen molar-refractivity contribution in [2.45, 2.75) is 18.8 Å². The van der Waals surface area contributed by atoms with Crippen molar-refractivity contribution in [1.29, 1.82) is 0 Å². The van der Waals surface area contributed by atoms with Gasteiger partial charge in [0.25, 0.3) is 5.91 Å². The van der Waals surface area contributed by atoms with E-state index in [1.165, 1.54) is 4.90 Å². The first-order valence-corrected chi connectivity index (χ1v) is 9.16. The quantitative estimate of drug-likeness (QED) is 0.711. The molecule has 3 rings (SSSR count). The van der Waals surface area contributed by atoms with Gasteiger partial charge in [0.2, 0.25) is 0 Å². The van der Waals surface area contributed by atoms with Crippen LogP contribution < -0.4 is 0 Å². The summed E-state index contributed by atoms with van der Waals surface area (Å²) >= 11 is 0. The molecule has 4 nitrogen and oxygen atoms in total. The fourth-order valence-corrected chi connectivity index (χ4v) is 3.31. The van der Waals surface area contributed by atoms with Crippen LogP contribution in [-0.4, -0.2) is 49.5 Å². The van der Waals surface area contributed by atoms with Crippen molar-refractivity contribution in [2.24, 2.45) is 0 Å². The highest BCUT2D eigenvalue weighted by atomic mass is 19.4. The zero-order valence-corrected chi connectivity index (χ0v) is 16.2. The summed E-state index contributed by atoms with van der Waals surface area (Å²) in [6, 6.07) is 9.69. The third-order valence-electron chi connectivity index (χ3n) is 4.78. The maximum absolute atomic E-state index is 13.6. The molecule has 0 N–H and O–H groups in total. The Kier molecular flexibility index (Phi) is 6.24. The highest BCUT2D eigenvalue weighted by molar-refractivity contribution is 5.93. The van der Waals surface area contributed by atoms with Crippen LogP contribution in [0.25, 0.3) is 0 Å². The van der Waals surface area contributed by atoms with E-state index in [4.69, 9.17) is 4.74 Å². The lowest BCUT2D eigenvalue weighted by atomic mass is 10.0. The number of hydrogen-bond donors (Lipinski definition) is 0. The molecule has 29 heavy (non-hydrogen) atoms. The molecule has 1 heterocycles. The van der Waals surface area contributed by atoms with Crippen LogP contribution in [0, 0.1) is 5.82 Å². The number of ether oxygens (including phenoxy) is 1. The van der Waals surface area contributed by atoms with Gasteiger partial charge in [-0.1, -0.05) is 12.1 Å². The summed E-state index contributed by atoms with van der Waals surface area (Å²) in [5.74, 6) is -1.00. The van der Waals surface area contributed by atoms with Crippen LogP contribution in [0.4, 0.5) is 17.6 Å². The first-order chi connectivity index (χ1) is 13.6. The topological polar surface area (TPSA) is 32.8 Å². The van der Waals surface area contributed by atoms with Crippen molar-refractivity contribution in [3.63, 3.8) is 0 Å². The number of amides is 1. The molecule has 1 unspecified atom stereocenters. The molecule has 0 aliphatic carbocycles. The van der Waals surface area contributed by atoms with E-state index in [9.17, 15) is 22.4 Å². The predicted molar refractivity (Wildman–Crippen MR) is 99.8 cm³/mol. The van der Waals surface area contributed by atoms with E-state index >= 15 is 0 Å².